The minimum Gasteiger partial charge on any atom is -0.378 e. The van der Waals surface area contributed by atoms with Gasteiger partial charge in [-0.25, -0.2) is 0 Å². The second kappa shape index (κ2) is 4.55. The third-order valence-electron chi connectivity index (χ3n) is 3.72. The molecule has 1 aliphatic carbocycles. The number of aromatic nitrogens is 2. The van der Waals surface area contributed by atoms with Crippen molar-refractivity contribution in [1.82, 2.24) is 9.78 Å². The van der Waals surface area contributed by atoms with E-state index in [1.165, 1.54) is 6.42 Å². The quantitative estimate of drug-likeness (QED) is 0.829. The molecule has 2 rings (SSSR count). The topological polar surface area (TPSA) is 53.1 Å². The van der Waals surface area contributed by atoms with Crippen LogP contribution in [-0.4, -0.2) is 22.5 Å². The van der Waals surface area contributed by atoms with E-state index in [9.17, 15) is 0 Å². The maximum atomic E-state index is 6.25. The van der Waals surface area contributed by atoms with E-state index in [0.29, 0.717) is 0 Å². The highest BCUT2D eigenvalue weighted by atomic mass is 16.5. The number of nitrogens with zero attached hydrogens (tertiary/aromatic N) is 2. The number of rotatable bonds is 5. The molecule has 4 heteroatoms. The van der Waals surface area contributed by atoms with E-state index >= 15 is 0 Å². The first-order chi connectivity index (χ1) is 7.71. The highest BCUT2D eigenvalue weighted by Crippen LogP contribution is 2.41. The third-order valence-corrected chi connectivity index (χ3v) is 3.72. The lowest BCUT2D eigenvalue weighted by molar-refractivity contribution is -0.0820. The molecule has 0 aromatic carbocycles. The van der Waals surface area contributed by atoms with E-state index in [1.807, 2.05) is 16.9 Å². The van der Waals surface area contributed by atoms with Crippen LogP contribution in [0.2, 0.25) is 0 Å². The molecule has 16 heavy (non-hydrogen) atoms. The van der Waals surface area contributed by atoms with E-state index in [0.717, 1.165) is 31.5 Å². The monoisotopic (exact) mass is 223 g/mol. The maximum Gasteiger partial charge on any atom is 0.0697 e. The second-order valence-corrected chi connectivity index (χ2v) is 4.62. The van der Waals surface area contributed by atoms with E-state index < -0.39 is 0 Å². The molecule has 1 fully saturated rings. The SMILES string of the molecule is CCn1nccc1C(N)CC1(OC)CCC1. The number of hydrogen-bond donors (Lipinski definition) is 1. The van der Waals surface area contributed by atoms with Crippen molar-refractivity contribution >= 4 is 0 Å². The number of nitrogens with two attached hydrogens (primary N) is 1. The summed E-state index contributed by atoms with van der Waals surface area (Å²) in [6.45, 7) is 2.95. The summed E-state index contributed by atoms with van der Waals surface area (Å²) < 4.78 is 7.57. The molecule has 1 atom stereocenters. The van der Waals surface area contributed by atoms with Crippen LogP contribution in [0.1, 0.15) is 44.3 Å². The largest absolute Gasteiger partial charge is 0.378 e. The molecule has 1 unspecified atom stereocenters. The van der Waals surface area contributed by atoms with Crippen LogP contribution in [0.4, 0.5) is 0 Å². The van der Waals surface area contributed by atoms with Crippen LogP contribution in [0.25, 0.3) is 0 Å². The molecule has 0 spiro atoms. The van der Waals surface area contributed by atoms with Gasteiger partial charge in [-0.2, -0.15) is 5.10 Å². The van der Waals surface area contributed by atoms with Gasteiger partial charge in [0.2, 0.25) is 0 Å². The first kappa shape index (κ1) is 11.6. The van der Waals surface area contributed by atoms with Crippen LogP contribution in [0.5, 0.6) is 0 Å². The van der Waals surface area contributed by atoms with E-state index in [-0.39, 0.29) is 11.6 Å². The molecule has 4 nitrogen and oxygen atoms in total. The Morgan fingerprint density at radius 3 is 2.88 bits per heavy atom. The number of methoxy groups -OCH3 is 1. The third kappa shape index (κ3) is 1.99. The highest BCUT2D eigenvalue weighted by molar-refractivity contribution is 5.09. The fraction of sp³-hybridized carbons (Fsp3) is 0.750. The van der Waals surface area contributed by atoms with Crippen LogP contribution in [0.3, 0.4) is 0 Å². The lowest BCUT2D eigenvalue weighted by Crippen LogP contribution is -2.42. The van der Waals surface area contributed by atoms with E-state index in [1.54, 1.807) is 7.11 Å². The Hall–Kier alpha value is -0.870. The summed E-state index contributed by atoms with van der Waals surface area (Å²) in [4.78, 5) is 0. The first-order valence-electron chi connectivity index (χ1n) is 6.03. The molecule has 90 valence electrons. The summed E-state index contributed by atoms with van der Waals surface area (Å²) in [5.41, 5.74) is 7.39. The zero-order chi connectivity index (χ0) is 11.6. The predicted octanol–water partition coefficient (Wildman–Crippen LogP) is 1.86. The van der Waals surface area contributed by atoms with Crippen molar-refractivity contribution in [2.45, 2.75) is 50.8 Å². The predicted molar refractivity (Wildman–Crippen MR) is 63.0 cm³/mol. The summed E-state index contributed by atoms with van der Waals surface area (Å²) in [6, 6.07) is 2.04. The normalized spacial score (nSPS) is 20.4. The molecular formula is C12H21N3O. The molecular weight excluding hydrogens is 202 g/mol. The lowest BCUT2D eigenvalue weighted by atomic mass is 9.75. The summed E-state index contributed by atoms with van der Waals surface area (Å²) >= 11 is 0. The van der Waals surface area contributed by atoms with E-state index in [4.69, 9.17) is 10.5 Å². The van der Waals surface area contributed by atoms with Crippen molar-refractivity contribution in [1.29, 1.82) is 0 Å². The number of ether oxygens (including phenoxy) is 1. The molecule has 1 aromatic heterocycles. The van der Waals surface area contributed by atoms with Crippen molar-refractivity contribution in [3.8, 4) is 0 Å². The summed E-state index contributed by atoms with van der Waals surface area (Å²) in [5.74, 6) is 0. The Balaban J connectivity index is 2.05. The van der Waals surface area contributed by atoms with Crippen LogP contribution in [0.15, 0.2) is 12.3 Å². The van der Waals surface area contributed by atoms with Gasteiger partial charge in [0.05, 0.1) is 11.3 Å². The number of aryl methyl sites for hydroxylation is 1. The molecule has 1 aliphatic rings. The molecule has 0 amide bonds. The van der Waals surface area contributed by atoms with Gasteiger partial charge in [0.15, 0.2) is 0 Å². The summed E-state index contributed by atoms with van der Waals surface area (Å²) in [6.07, 6.45) is 6.25. The van der Waals surface area contributed by atoms with Gasteiger partial charge in [-0.1, -0.05) is 0 Å². The fourth-order valence-corrected chi connectivity index (χ4v) is 2.49. The molecule has 0 aliphatic heterocycles. The Morgan fingerprint density at radius 1 is 1.62 bits per heavy atom. The molecule has 1 saturated carbocycles. The van der Waals surface area contributed by atoms with Crippen molar-refractivity contribution in [2.75, 3.05) is 7.11 Å². The average molecular weight is 223 g/mol. The minimum absolute atomic E-state index is 0.0300. The van der Waals surface area contributed by atoms with Gasteiger partial charge in [-0.05, 0) is 38.7 Å². The van der Waals surface area contributed by atoms with Gasteiger partial charge in [0.1, 0.15) is 0 Å². The van der Waals surface area contributed by atoms with Gasteiger partial charge < -0.3 is 10.5 Å². The Morgan fingerprint density at radius 2 is 2.38 bits per heavy atom. The van der Waals surface area contributed by atoms with Crippen LogP contribution in [0, 0.1) is 0 Å². The van der Waals surface area contributed by atoms with Gasteiger partial charge >= 0.3 is 0 Å². The van der Waals surface area contributed by atoms with Gasteiger partial charge in [0.25, 0.3) is 0 Å². The van der Waals surface area contributed by atoms with Gasteiger partial charge in [-0.15, -0.1) is 0 Å². The Labute approximate surface area is 96.8 Å². The van der Waals surface area contributed by atoms with Crippen molar-refractivity contribution in [3.63, 3.8) is 0 Å². The molecule has 1 aromatic rings. The molecule has 0 saturated heterocycles. The average Bonchev–Trinajstić information content (AvgIpc) is 2.71. The van der Waals surface area contributed by atoms with Crippen molar-refractivity contribution in [3.05, 3.63) is 18.0 Å². The zero-order valence-electron chi connectivity index (χ0n) is 10.1. The van der Waals surface area contributed by atoms with E-state index in [2.05, 4.69) is 12.0 Å². The Bertz CT molecular complexity index is 338. The first-order valence-corrected chi connectivity index (χ1v) is 6.03. The zero-order valence-corrected chi connectivity index (χ0v) is 10.1. The molecule has 0 bridgehead atoms. The fourth-order valence-electron chi connectivity index (χ4n) is 2.49. The molecule has 2 N–H and O–H groups in total. The van der Waals surface area contributed by atoms with Gasteiger partial charge in [0, 0.05) is 25.9 Å². The standard InChI is InChI=1S/C12H21N3O/c1-3-15-11(5-8-14-15)10(13)9-12(16-2)6-4-7-12/h5,8,10H,3-4,6-7,9,13H2,1-2H3. The highest BCUT2D eigenvalue weighted by Gasteiger charge is 2.39. The lowest BCUT2D eigenvalue weighted by Gasteiger charge is -2.42. The number of hydrogen-bond acceptors (Lipinski definition) is 3. The molecule has 1 heterocycles. The van der Waals surface area contributed by atoms with Gasteiger partial charge in [-0.3, -0.25) is 4.68 Å². The van der Waals surface area contributed by atoms with Crippen LogP contribution >= 0.6 is 0 Å². The summed E-state index contributed by atoms with van der Waals surface area (Å²) in [5, 5.41) is 4.25. The Kier molecular flexibility index (Phi) is 3.30. The molecule has 0 radical (unpaired) electrons. The smallest absolute Gasteiger partial charge is 0.0697 e. The van der Waals surface area contributed by atoms with Crippen LogP contribution < -0.4 is 5.73 Å². The van der Waals surface area contributed by atoms with Crippen molar-refractivity contribution < 1.29 is 4.74 Å². The summed E-state index contributed by atoms with van der Waals surface area (Å²) in [7, 11) is 1.79. The van der Waals surface area contributed by atoms with Crippen LogP contribution in [-0.2, 0) is 11.3 Å². The maximum absolute atomic E-state index is 6.25. The van der Waals surface area contributed by atoms with Crippen molar-refractivity contribution in [2.24, 2.45) is 5.73 Å². The second-order valence-electron chi connectivity index (χ2n) is 4.62. The minimum atomic E-state index is 0.0300.